The molecule has 0 aliphatic rings. The Morgan fingerprint density at radius 3 is 2.50 bits per heavy atom. The summed E-state index contributed by atoms with van der Waals surface area (Å²) in [5.74, 6) is 0.543. The summed E-state index contributed by atoms with van der Waals surface area (Å²) in [5, 5.41) is 0. The molecule has 1 heteroatoms. The van der Waals surface area contributed by atoms with E-state index in [1.807, 2.05) is 12.2 Å². The van der Waals surface area contributed by atoms with Gasteiger partial charge < -0.3 is 5.73 Å². The normalized spacial score (nSPS) is 13.4. The zero-order chi connectivity index (χ0) is 7.98. The van der Waals surface area contributed by atoms with Crippen LogP contribution in [0.2, 0.25) is 0 Å². The highest BCUT2D eigenvalue weighted by atomic mass is 14.5. The van der Waals surface area contributed by atoms with E-state index in [-0.39, 0.29) is 0 Å². The highest BCUT2D eigenvalue weighted by Crippen LogP contribution is 1.98. The van der Waals surface area contributed by atoms with Crippen molar-refractivity contribution in [1.29, 1.82) is 0 Å². The fourth-order valence-electron chi connectivity index (χ4n) is 0.694. The van der Waals surface area contributed by atoms with Crippen LogP contribution in [0.5, 0.6) is 0 Å². The molecule has 0 heterocycles. The fourth-order valence-corrected chi connectivity index (χ4v) is 0.694. The molecule has 0 radical (unpaired) electrons. The maximum absolute atomic E-state index is 5.64. The second-order valence-corrected chi connectivity index (χ2v) is 2.72. The maximum atomic E-state index is 5.64. The van der Waals surface area contributed by atoms with Crippen LogP contribution in [-0.4, -0.2) is 0 Å². The third-order valence-electron chi connectivity index (χ3n) is 1.07. The maximum Gasteiger partial charge on any atom is 0.0272 e. The van der Waals surface area contributed by atoms with Crippen LogP contribution in [-0.2, 0) is 0 Å². The average Bonchev–Trinajstić information content (AvgIpc) is 1.82. The molecule has 0 rings (SSSR count). The van der Waals surface area contributed by atoms with E-state index in [1.54, 1.807) is 0 Å². The molecule has 58 valence electrons. The number of rotatable bonds is 3. The van der Waals surface area contributed by atoms with Crippen molar-refractivity contribution in [2.24, 2.45) is 11.7 Å². The fraction of sp³-hybridized carbons (Fsp3) is 0.556. The minimum absolute atomic E-state index is 0.543. The van der Waals surface area contributed by atoms with Gasteiger partial charge in [0.2, 0.25) is 0 Å². The Morgan fingerprint density at radius 2 is 2.10 bits per heavy atom. The largest absolute Gasteiger partial charge is 0.399 e. The predicted octanol–water partition coefficient (Wildman–Crippen LogP) is 2.45. The van der Waals surface area contributed by atoms with Gasteiger partial charge in [0, 0.05) is 5.70 Å². The van der Waals surface area contributed by atoms with Crippen molar-refractivity contribution in [2.75, 3.05) is 0 Å². The van der Waals surface area contributed by atoms with Crippen molar-refractivity contribution in [3.63, 3.8) is 0 Å². The van der Waals surface area contributed by atoms with Gasteiger partial charge in [-0.3, -0.25) is 0 Å². The summed E-state index contributed by atoms with van der Waals surface area (Å²) in [4.78, 5) is 0. The van der Waals surface area contributed by atoms with Crippen LogP contribution < -0.4 is 5.73 Å². The van der Waals surface area contributed by atoms with Crippen LogP contribution in [0.3, 0.4) is 0 Å². The molecule has 0 amide bonds. The molecule has 0 atom stereocenters. The molecular weight excluding hydrogens is 122 g/mol. The van der Waals surface area contributed by atoms with Gasteiger partial charge in [0.1, 0.15) is 0 Å². The van der Waals surface area contributed by atoms with Gasteiger partial charge in [-0.25, -0.2) is 0 Å². The predicted molar refractivity (Wildman–Crippen MR) is 46.5 cm³/mol. The Hall–Kier alpha value is -0.720. The van der Waals surface area contributed by atoms with Crippen molar-refractivity contribution in [2.45, 2.75) is 27.2 Å². The van der Waals surface area contributed by atoms with E-state index in [1.165, 1.54) is 0 Å². The Bertz CT molecular complexity index is 132. The highest BCUT2D eigenvalue weighted by Gasteiger charge is 1.86. The Balaban J connectivity index is 3.82. The summed E-state index contributed by atoms with van der Waals surface area (Å²) >= 11 is 0. The average molecular weight is 139 g/mol. The van der Waals surface area contributed by atoms with Crippen molar-refractivity contribution in [1.82, 2.24) is 0 Å². The van der Waals surface area contributed by atoms with E-state index in [0.717, 1.165) is 12.1 Å². The van der Waals surface area contributed by atoms with Gasteiger partial charge >= 0.3 is 0 Å². The Labute approximate surface area is 63.6 Å². The molecule has 0 spiro atoms. The van der Waals surface area contributed by atoms with Crippen LogP contribution in [0.15, 0.2) is 23.9 Å². The smallest absolute Gasteiger partial charge is 0.0272 e. The summed E-state index contributed by atoms with van der Waals surface area (Å²) in [6.45, 7) is 6.33. The van der Waals surface area contributed by atoms with E-state index < -0.39 is 0 Å². The molecule has 0 bridgehead atoms. The molecule has 0 aromatic heterocycles. The van der Waals surface area contributed by atoms with Gasteiger partial charge in [0.25, 0.3) is 0 Å². The number of hydrogen-bond donors (Lipinski definition) is 1. The van der Waals surface area contributed by atoms with Crippen LogP contribution in [0.25, 0.3) is 0 Å². The van der Waals surface area contributed by atoms with E-state index in [0.29, 0.717) is 5.92 Å². The molecule has 0 unspecified atom stereocenters. The lowest BCUT2D eigenvalue weighted by Gasteiger charge is -1.95. The summed E-state index contributed by atoms with van der Waals surface area (Å²) in [6, 6.07) is 0. The van der Waals surface area contributed by atoms with Crippen molar-refractivity contribution in [3.05, 3.63) is 23.9 Å². The first-order valence-corrected chi connectivity index (χ1v) is 3.80. The van der Waals surface area contributed by atoms with Gasteiger partial charge in [-0.1, -0.05) is 32.9 Å². The molecule has 0 aliphatic carbocycles. The molecule has 2 N–H and O–H groups in total. The molecule has 0 saturated heterocycles. The molecule has 0 fully saturated rings. The first-order chi connectivity index (χ1) is 4.66. The number of allylic oxidation sites excluding steroid dienone is 3. The van der Waals surface area contributed by atoms with E-state index in [2.05, 4.69) is 26.8 Å². The summed E-state index contributed by atoms with van der Waals surface area (Å²) < 4.78 is 0. The lowest BCUT2D eigenvalue weighted by molar-refractivity contribution is 0.823. The lowest BCUT2D eigenvalue weighted by atomic mass is 10.2. The van der Waals surface area contributed by atoms with Crippen LogP contribution >= 0.6 is 0 Å². The quantitative estimate of drug-likeness (QED) is 0.597. The molecule has 0 aromatic rings. The second kappa shape index (κ2) is 5.10. The lowest BCUT2D eigenvalue weighted by Crippen LogP contribution is -1.95. The minimum atomic E-state index is 0.543. The first kappa shape index (κ1) is 9.28. The molecule has 1 nitrogen and oxygen atoms in total. The van der Waals surface area contributed by atoms with Gasteiger partial charge in [-0.2, -0.15) is 0 Å². The molecule has 10 heavy (non-hydrogen) atoms. The van der Waals surface area contributed by atoms with Gasteiger partial charge in [0.15, 0.2) is 0 Å². The van der Waals surface area contributed by atoms with Gasteiger partial charge in [-0.05, 0) is 18.4 Å². The topological polar surface area (TPSA) is 26.0 Å². The molecule has 0 aliphatic heterocycles. The first-order valence-electron chi connectivity index (χ1n) is 3.80. The Morgan fingerprint density at radius 1 is 1.50 bits per heavy atom. The SMILES string of the molecule is CC/C=C\C(N)=C\C(C)C. The zero-order valence-corrected chi connectivity index (χ0v) is 7.09. The summed E-state index contributed by atoms with van der Waals surface area (Å²) in [6.07, 6.45) is 7.12. The van der Waals surface area contributed by atoms with Crippen LogP contribution in [0.4, 0.5) is 0 Å². The van der Waals surface area contributed by atoms with E-state index >= 15 is 0 Å². The highest BCUT2D eigenvalue weighted by molar-refractivity contribution is 5.14. The molecule has 0 aromatic carbocycles. The summed E-state index contributed by atoms with van der Waals surface area (Å²) in [5.41, 5.74) is 6.51. The molecule has 0 saturated carbocycles. The molecular formula is C9H17N. The number of hydrogen-bond acceptors (Lipinski definition) is 1. The van der Waals surface area contributed by atoms with E-state index in [4.69, 9.17) is 5.73 Å². The van der Waals surface area contributed by atoms with E-state index in [9.17, 15) is 0 Å². The standard InChI is InChI=1S/C9H17N/c1-4-5-6-9(10)7-8(2)3/h5-8H,4,10H2,1-3H3/b6-5-,9-7-. The second-order valence-electron chi connectivity index (χ2n) is 2.72. The third-order valence-corrected chi connectivity index (χ3v) is 1.07. The Kier molecular flexibility index (Phi) is 4.73. The van der Waals surface area contributed by atoms with Crippen molar-refractivity contribution >= 4 is 0 Å². The zero-order valence-electron chi connectivity index (χ0n) is 7.09. The number of nitrogens with two attached hydrogens (primary N) is 1. The van der Waals surface area contributed by atoms with Gasteiger partial charge in [0.05, 0.1) is 0 Å². The van der Waals surface area contributed by atoms with Crippen molar-refractivity contribution in [3.8, 4) is 0 Å². The minimum Gasteiger partial charge on any atom is -0.399 e. The van der Waals surface area contributed by atoms with Gasteiger partial charge in [-0.15, -0.1) is 0 Å². The van der Waals surface area contributed by atoms with Crippen molar-refractivity contribution < 1.29 is 0 Å². The van der Waals surface area contributed by atoms with Crippen LogP contribution in [0, 0.1) is 5.92 Å². The van der Waals surface area contributed by atoms with Crippen LogP contribution in [0.1, 0.15) is 27.2 Å². The summed E-state index contributed by atoms with van der Waals surface area (Å²) in [7, 11) is 0. The monoisotopic (exact) mass is 139 g/mol. The third kappa shape index (κ3) is 5.42.